The van der Waals surface area contributed by atoms with Gasteiger partial charge in [-0.1, -0.05) is 6.92 Å². The van der Waals surface area contributed by atoms with Crippen LogP contribution in [0.5, 0.6) is 5.75 Å². The minimum atomic E-state index is -0.0514. The van der Waals surface area contributed by atoms with Crippen LogP contribution in [0.15, 0.2) is 18.2 Å². The number of piperidine rings is 1. The van der Waals surface area contributed by atoms with E-state index in [4.69, 9.17) is 9.47 Å². The molecule has 3 rings (SSSR count). The molecule has 0 radical (unpaired) electrons. The molecule has 2 aliphatic rings. The van der Waals surface area contributed by atoms with Crippen molar-refractivity contribution in [3.8, 4) is 5.75 Å². The average Bonchev–Trinajstić information content (AvgIpc) is 2.74. The fourth-order valence-corrected chi connectivity index (χ4v) is 3.96. The van der Waals surface area contributed by atoms with Crippen molar-refractivity contribution in [2.24, 2.45) is 11.8 Å². The predicted molar refractivity (Wildman–Crippen MR) is 108 cm³/mol. The largest absolute Gasteiger partial charge is 0.495 e. The van der Waals surface area contributed by atoms with Gasteiger partial charge in [0.2, 0.25) is 5.91 Å². The van der Waals surface area contributed by atoms with Gasteiger partial charge in [0.05, 0.1) is 26.0 Å². The first-order chi connectivity index (χ1) is 13.6. The van der Waals surface area contributed by atoms with E-state index in [1.807, 2.05) is 0 Å². The number of methoxy groups -OCH3 is 1. The van der Waals surface area contributed by atoms with E-state index in [1.165, 1.54) is 0 Å². The number of ether oxygens (including phenoxy) is 2. The van der Waals surface area contributed by atoms with Gasteiger partial charge in [-0.15, -0.1) is 0 Å². The molecule has 0 bridgehead atoms. The van der Waals surface area contributed by atoms with Gasteiger partial charge in [-0.3, -0.25) is 9.59 Å². The second-order valence-corrected chi connectivity index (χ2v) is 7.64. The minimum Gasteiger partial charge on any atom is -0.495 e. The lowest BCUT2D eigenvalue weighted by Crippen LogP contribution is -2.40. The second-order valence-electron chi connectivity index (χ2n) is 7.64. The zero-order valence-electron chi connectivity index (χ0n) is 16.8. The van der Waals surface area contributed by atoms with Crippen molar-refractivity contribution in [3.05, 3.63) is 23.8 Å². The molecule has 2 N–H and O–H groups in total. The summed E-state index contributed by atoms with van der Waals surface area (Å²) in [6.45, 7) is 6.47. The Balaban J connectivity index is 1.65. The van der Waals surface area contributed by atoms with Gasteiger partial charge >= 0.3 is 0 Å². The molecule has 2 aliphatic heterocycles. The van der Waals surface area contributed by atoms with Gasteiger partial charge < -0.3 is 25.0 Å². The first-order valence-electron chi connectivity index (χ1n) is 10.1. The fraction of sp³-hybridized carbons (Fsp3) is 0.619. The van der Waals surface area contributed by atoms with Crippen molar-refractivity contribution in [2.75, 3.05) is 51.8 Å². The van der Waals surface area contributed by atoms with Crippen LogP contribution < -0.4 is 15.4 Å². The van der Waals surface area contributed by atoms with Gasteiger partial charge in [0.25, 0.3) is 5.91 Å². The van der Waals surface area contributed by atoms with E-state index in [2.05, 4.69) is 17.6 Å². The third-order valence-electron chi connectivity index (χ3n) is 5.71. The topological polar surface area (TPSA) is 79.9 Å². The number of hydrogen-bond donors (Lipinski definition) is 2. The fourth-order valence-electron chi connectivity index (χ4n) is 3.96. The zero-order valence-corrected chi connectivity index (χ0v) is 16.8. The number of anilines is 1. The molecule has 1 atom stereocenters. The number of amides is 2. The molecule has 28 heavy (non-hydrogen) atoms. The van der Waals surface area contributed by atoms with E-state index in [0.717, 1.165) is 25.9 Å². The molecule has 1 aromatic carbocycles. The quantitative estimate of drug-likeness (QED) is 0.779. The number of carbonyl (C=O) groups excluding carboxylic acids is 2. The van der Waals surface area contributed by atoms with E-state index < -0.39 is 0 Å². The molecule has 0 saturated carbocycles. The summed E-state index contributed by atoms with van der Waals surface area (Å²) in [4.78, 5) is 27.1. The van der Waals surface area contributed by atoms with Crippen LogP contribution in [0, 0.1) is 11.8 Å². The predicted octanol–water partition coefficient (Wildman–Crippen LogP) is 2.13. The van der Waals surface area contributed by atoms with Crippen LogP contribution >= 0.6 is 0 Å². The summed E-state index contributed by atoms with van der Waals surface area (Å²) >= 11 is 0. The maximum Gasteiger partial charge on any atom is 0.254 e. The summed E-state index contributed by atoms with van der Waals surface area (Å²) < 4.78 is 10.7. The Morgan fingerprint density at radius 1 is 1.29 bits per heavy atom. The zero-order chi connectivity index (χ0) is 19.9. The maximum atomic E-state index is 12.7. The third-order valence-corrected chi connectivity index (χ3v) is 5.71. The molecule has 2 saturated heterocycles. The lowest BCUT2D eigenvalue weighted by atomic mass is 9.84. The Bertz CT molecular complexity index is 682. The number of nitrogens with zero attached hydrogens (tertiary/aromatic N) is 1. The number of morpholine rings is 1. The standard InChI is InChI=1S/C21H31N3O4/c1-15(16-5-7-22-8-6-16)13-20(25)23-18-14-17(3-4-19(18)27-2)21(26)24-9-11-28-12-10-24/h3-4,14-16,22H,5-13H2,1-2H3,(H,23,25). The van der Waals surface area contributed by atoms with E-state index in [0.29, 0.717) is 61.6 Å². The highest BCUT2D eigenvalue weighted by molar-refractivity contribution is 5.98. The minimum absolute atomic E-state index is 0.0414. The summed E-state index contributed by atoms with van der Waals surface area (Å²) in [6.07, 6.45) is 2.69. The second kappa shape index (κ2) is 9.89. The van der Waals surface area contributed by atoms with Crippen LogP contribution in [-0.2, 0) is 9.53 Å². The Morgan fingerprint density at radius 2 is 2.00 bits per heavy atom. The number of nitrogens with one attached hydrogen (secondary N) is 2. The molecule has 2 heterocycles. The van der Waals surface area contributed by atoms with Gasteiger partial charge in [-0.25, -0.2) is 0 Å². The molecular formula is C21H31N3O4. The summed E-state index contributed by atoms with van der Waals surface area (Å²) in [7, 11) is 1.56. The van der Waals surface area contributed by atoms with Crippen LogP contribution in [0.25, 0.3) is 0 Å². The van der Waals surface area contributed by atoms with Crippen molar-refractivity contribution in [1.29, 1.82) is 0 Å². The van der Waals surface area contributed by atoms with Crippen molar-refractivity contribution >= 4 is 17.5 Å². The van der Waals surface area contributed by atoms with Crippen LogP contribution in [0.2, 0.25) is 0 Å². The van der Waals surface area contributed by atoms with Crippen molar-refractivity contribution in [3.63, 3.8) is 0 Å². The Labute approximate surface area is 166 Å². The summed E-state index contributed by atoms with van der Waals surface area (Å²) in [5.41, 5.74) is 1.09. The monoisotopic (exact) mass is 389 g/mol. The Morgan fingerprint density at radius 3 is 2.68 bits per heavy atom. The van der Waals surface area contributed by atoms with Crippen LogP contribution in [-0.4, -0.2) is 63.2 Å². The highest BCUT2D eigenvalue weighted by atomic mass is 16.5. The van der Waals surface area contributed by atoms with Gasteiger partial charge in [-0.2, -0.15) is 0 Å². The van der Waals surface area contributed by atoms with Crippen LogP contribution in [0.4, 0.5) is 5.69 Å². The third kappa shape index (κ3) is 5.23. The van der Waals surface area contributed by atoms with Gasteiger partial charge in [-0.05, 0) is 56.0 Å². The highest BCUT2D eigenvalue weighted by Gasteiger charge is 2.23. The summed E-state index contributed by atoms with van der Waals surface area (Å²) in [6, 6.07) is 5.19. The molecule has 0 spiro atoms. The average molecular weight is 389 g/mol. The van der Waals surface area contributed by atoms with E-state index in [1.54, 1.807) is 30.2 Å². The van der Waals surface area contributed by atoms with Crippen molar-refractivity contribution in [2.45, 2.75) is 26.2 Å². The molecule has 7 heteroatoms. The van der Waals surface area contributed by atoms with E-state index >= 15 is 0 Å². The highest BCUT2D eigenvalue weighted by Crippen LogP contribution is 2.28. The normalized spacial score (nSPS) is 19.1. The molecule has 7 nitrogen and oxygen atoms in total. The molecule has 2 fully saturated rings. The maximum absolute atomic E-state index is 12.7. The van der Waals surface area contributed by atoms with Crippen LogP contribution in [0.3, 0.4) is 0 Å². The summed E-state index contributed by atoms with van der Waals surface area (Å²) in [5, 5.41) is 6.32. The molecule has 1 aromatic rings. The van der Waals surface area contributed by atoms with Gasteiger partial charge in [0, 0.05) is 25.1 Å². The van der Waals surface area contributed by atoms with E-state index in [9.17, 15) is 9.59 Å². The summed E-state index contributed by atoms with van der Waals surface area (Å²) in [5.74, 6) is 1.36. The van der Waals surface area contributed by atoms with Crippen LogP contribution in [0.1, 0.15) is 36.5 Å². The molecule has 0 aromatic heterocycles. The smallest absolute Gasteiger partial charge is 0.254 e. The number of carbonyl (C=O) groups is 2. The van der Waals surface area contributed by atoms with Crippen molar-refractivity contribution < 1.29 is 19.1 Å². The molecule has 2 amide bonds. The van der Waals surface area contributed by atoms with Gasteiger partial charge in [0.1, 0.15) is 5.75 Å². The van der Waals surface area contributed by atoms with Crippen molar-refractivity contribution in [1.82, 2.24) is 10.2 Å². The Hall–Kier alpha value is -2.12. The molecular weight excluding hydrogens is 358 g/mol. The first-order valence-corrected chi connectivity index (χ1v) is 10.1. The number of rotatable bonds is 6. The number of benzene rings is 1. The molecule has 0 aliphatic carbocycles. The SMILES string of the molecule is COc1ccc(C(=O)N2CCOCC2)cc1NC(=O)CC(C)C1CCNCC1. The number of hydrogen-bond acceptors (Lipinski definition) is 5. The van der Waals surface area contributed by atoms with Gasteiger partial charge in [0.15, 0.2) is 0 Å². The molecule has 154 valence electrons. The molecule has 1 unspecified atom stereocenters. The Kier molecular flexibility index (Phi) is 7.28. The first kappa shape index (κ1) is 20.6. The lowest BCUT2D eigenvalue weighted by molar-refractivity contribution is -0.117. The lowest BCUT2D eigenvalue weighted by Gasteiger charge is -2.28. The van der Waals surface area contributed by atoms with E-state index in [-0.39, 0.29) is 11.8 Å².